The van der Waals surface area contributed by atoms with Gasteiger partial charge >= 0.3 is 0 Å². The van der Waals surface area contributed by atoms with Gasteiger partial charge < -0.3 is 10.1 Å². The SMILES string of the molecule is CCOc1c(-c2cn[nH]c2)ncc2nc(NC3CCN(C[SH](=O)=O)CC3)nn12. The van der Waals surface area contributed by atoms with Crippen LogP contribution < -0.4 is 10.1 Å². The highest BCUT2D eigenvalue weighted by Crippen LogP contribution is 2.28. The molecule has 0 saturated carbocycles. The van der Waals surface area contributed by atoms with Crippen molar-refractivity contribution in [2.45, 2.75) is 25.8 Å². The summed E-state index contributed by atoms with van der Waals surface area (Å²) in [6, 6.07) is 0.190. The number of nitrogens with one attached hydrogen (secondary N) is 2. The molecule has 12 heteroatoms. The number of ether oxygens (including phenoxy) is 1. The molecule has 0 aromatic carbocycles. The molecule has 2 N–H and O–H groups in total. The molecule has 1 aliphatic rings. The van der Waals surface area contributed by atoms with Gasteiger partial charge in [0.2, 0.25) is 11.8 Å². The highest BCUT2D eigenvalue weighted by Gasteiger charge is 2.22. The highest BCUT2D eigenvalue weighted by molar-refractivity contribution is 7.72. The Morgan fingerprint density at radius 2 is 2.14 bits per heavy atom. The van der Waals surface area contributed by atoms with Crippen LogP contribution in [0.1, 0.15) is 19.8 Å². The number of likely N-dealkylation sites (tertiary alicyclic amines) is 1. The molecule has 0 spiro atoms. The summed E-state index contributed by atoms with van der Waals surface area (Å²) in [5.74, 6) is 1.13. The van der Waals surface area contributed by atoms with Crippen LogP contribution in [0.25, 0.3) is 16.9 Å². The Hall–Kier alpha value is -2.73. The lowest BCUT2D eigenvalue weighted by Crippen LogP contribution is -2.40. The van der Waals surface area contributed by atoms with Crippen LogP contribution >= 0.6 is 0 Å². The molecule has 4 rings (SSSR count). The van der Waals surface area contributed by atoms with E-state index >= 15 is 0 Å². The maximum Gasteiger partial charge on any atom is 0.244 e. The number of thiol groups is 1. The molecule has 0 atom stereocenters. The Morgan fingerprint density at radius 1 is 1.32 bits per heavy atom. The summed E-state index contributed by atoms with van der Waals surface area (Å²) in [6.45, 7) is 3.82. The molecule has 28 heavy (non-hydrogen) atoms. The van der Waals surface area contributed by atoms with Crippen molar-refractivity contribution in [3.8, 4) is 17.1 Å². The number of hydrogen-bond acceptors (Lipinski definition) is 9. The number of H-pyrrole nitrogens is 1. The van der Waals surface area contributed by atoms with Gasteiger partial charge in [-0.05, 0) is 19.8 Å². The largest absolute Gasteiger partial charge is 0.476 e. The number of anilines is 1. The topological polar surface area (TPSA) is 130 Å². The third-order valence-corrected chi connectivity index (χ3v) is 5.26. The molecule has 0 bridgehead atoms. The Morgan fingerprint density at radius 3 is 2.82 bits per heavy atom. The maximum absolute atomic E-state index is 10.9. The van der Waals surface area contributed by atoms with Crippen molar-refractivity contribution in [3.63, 3.8) is 0 Å². The first kappa shape index (κ1) is 18.6. The Bertz CT molecular complexity index is 1000. The van der Waals surface area contributed by atoms with Crippen LogP contribution in [-0.2, 0) is 10.7 Å². The van der Waals surface area contributed by atoms with Gasteiger partial charge in [0.25, 0.3) is 0 Å². The van der Waals surface area contributed by atoms with Gasteiger partial charge in [-0.3, -0.25) is 10.00 Å². The van der Waals surface area contributed by atoms with Crippen molar-refractivity contribution in [2.75, 3.05) is 30.9 Å². The molecule has 3 aromatic heterocycles. The van der Waals surface area contributed by atoms with Crippen molar-refractivity contribution in [1.29, 1.82) is 0 Å². The number of piperidine rings is 1. The molecule has 4 heterocycles. The highest BCUT2D eigenvalue weighted by atomic mass is 32.2. The second-order valence-corrected chi connectivity index (χ2v) is 7.50. The monoisotopic (exact) mass is 406 g/mol. The molecule has 0 amide bonds. The molecular formula is C16H22N8O3S. The van der Waals surface area contributed by atoms with Gasteiger partial charge in [-0.25, -0.2) is 13.4 Å². The molecule has 1 aliphatic heterocycles. The van der Waals surface area contributed by atoms with E-state index in [1.165, 1.54) is 0 Å². The zero-order valence-corrected chi connectivity index (χ0v) is 16.3. The van der Waals surface area contributed by atoms with Crippen molar-refractivity contribution in [3.05, 3.63) is 18.6 Å². The predicted molar refractivity (Wildman–Crippen MR) is 103 cm³/mol. The Balaban J connectivity index is 1.54. The minimum Gasteiger partial charge on any atom is -0.476 e. The van der Waals surface area contributed by atoms with E-state index in [0.717, 1.165) is 31.5 Å². The second kappa shape index (κ2) is 8.10. The summed E-state index contributed by atoms with van der Waals surface area (Å²) in [6.07, 6.45) is 6.73. The van der Waals surface area contributed by atoms with E-state index in [-0.39, 0.29) is 11.9 Å². The minimum absolute atomic E-state index is 0.120. The van der Waals surface area contributed by atoms with Crippen LogP contribution in [0.5, 0.6) is 5.88 Å². The van der Waals surface area contributed by atoms with E-state index in [2.05, 4.69) is 30.6 Å². The quantitative estimate of drug-likeness (QED) is 0.476. The number of fused-ring (bicyclic) bond motifs is 1. The van der Waals surface area contributed by atoms with Gasteiger partial charge in [0, 0.05) is 30.9 Å². The summed E-state index contributed by atoms with van der Waals surface area (Å²) in [5.41, 5.74) is 2.03. The summed E-state index contributed by atoms with van der Waals surface area (Å²) in [7, 11) is -2.38. The number of aromatic amines is 1. The van der Waals surface area contributed by atoms with E-state index in [1.807, 2.05) is 11.8 Å². The van der Waals surface area contributed by atoms with E-state index in [4.69, 9.17) is 4.74 Å². The fraction of sp³-hybridized carbons (Fsp3) is 0.500. The van der Waals surface area contributed by atoms with Gasteiger partial charge in [0.15, 0.2) is 16.4 Å². The summed E-state index contributed by atoms with van der Waals surface area (Å²) < 4.78 is 29.2. The van der Waals surface area contributed by atoms with Crippen LogP contribution in [0, 0.1) is 0 Å². The van der Waals surface area contributed by atoms with Crippen LogP contribution in [0.2, 0.25) is 0 Å². The zero-order valence-electron chi connectivity index (χ0n) is 15.4. The molecule has 11 nitrogen and oxygen atoms in total. The van der Waals surface area contributed by atoms with Gasteiger partial charge in [-0.2, -0.15) is 14.6 Å². The first-order valence-corrected chi connectivity index (χ1v) is 10.5. The van der Waals surface area contributed by atoms with Crippen LogP contribution in [0.15, 0.2) is 18.6 Å². The van der Waals surface area contributed by atoms with Crippen molar-refractivity contribution < 1.29 is 13.2 Å². The third-order valence-electron chi connectivity index (χ3n) is 4.63. The second-order valence-electron chi connectivity index (χ2n) is 6.55. The summed E-state index contributed by atoms with van der Waals surface area (Å²) >= 11 is 0. The third kappa shape index (κ3) is 3.92. The van der Waals surface area contributed by atoms with Crippen molar-refractivity contribution in [1.82, 2.24) is 34.7 Å². The lowest BCUT2D eigenvalue weighted by atomic mass is 10.1. The molecule has 0 unspecified atom stereocenters. The van der Waals surface area contributed by atoms with Gasteiger partial charge in [-0.15, -0.1) is 5.10 Å². The summed E-state index contributed by atoms with van der Waals surface area (Å²) in [5, 5.41) is 14.6. The average Bonchev–Trinajstić information content (AvgIpc) is 3.33. The van der Waals surface area contributed by atoms with Gasteiger partial charge in [0.1, 0.15) is 5.69 Å². The smallest absolute Gasteiger partial charge is 0.244 e. The fourth-order valence-electron chi connectivity index (χ4n) is 3.31. The molecule has 1 saturated heterocycles. The molecular weight excluding hydrogens is 384 g/mol. The van der Waals surface area contributed by atoms with E-state index in [0.29, 0.717) is 29.8 Å². The van der Waals surface area contributed by atoms with E-state index < -0.39 is 10.7 Å². The van der Waals surface area contributed by atoms with Crippen molar-refractivity contribution >= 4 is 22.3 Å². The molecule has 3 aromatic rings. The lowest BCUT2D eigenvalue weighted by molar-refractivity contribution is 0.250. The fourth-order valence-corrected chi connectivity index (χ4v) is 3.91. The zero-order chi connectivity index (χ0) is 19.5. The predicted octanol–water partition coefficient (Wildman–Crippen LogP) is 0.358. The van der Waals surface area contributed by atoms with Crippen molar-refractivity contribution in [2.24, 2.45) is 0 Å². The first-order valence-electron chi connectivity index (χ1n) is 9.12. The molecule has 0 aliphatic carbocycles. The van der Waals surface area contributed by atoms with E-state index in [1.54, 1.807) is 23.1 Å². The van der Waals surface area contributed by atoms with E-state index in [9.17, 15) is 8.42 Å². The van der Waals surface area contributed by atoms with Crippen LogP contribution in [-0.4, -0.2) is 74.7 Å². The minimum atomic E-state index is -2.38. The maximum atomic E-state index is 10.9. The first-order chi connectivity index (χ1) is 13.6. The lowest BCUT2D eigenvalue weighted by Gasteiger charge is -2.30. The Labute approximate surface area is 163 Å². The van der Waals surface area contributed by atoms with Crippen LogP contribution in [0.3, 0.4) is 0 Å². The number of nitrogens with zero attached hydrogens (tertiary/aromatic N) is 6. The van der Waals surface area contributed by atoms with Gasteiger partial charge in [0.05, 0.1) is 24.9 Å². The standard InChI is InChI=1S/C16H22N8O3S/c1-2-27-15-14(11-7-18-19-8-11)17-9-13-21-16(22-24(13)15)20-12-3-5-23(6-4-12)10-28(25)26/h7-9,12,28H,2-6,10H2,1H3,(H,18,19)(H,20,22). The molecule has 0 radical (unpaired) electrons. The molecule has 1 fully saturated rings. The van der Waals surface area contributed by atoms with Gasteiger partial charge in [-0.1, -0.05) is 0 Å². The number of hydrogen-bond donors (Lipinski definition) is 3. The summed E-state index contributed by atoms with van der Waals surface area (Å²) in [4.78, 5) is 10.9. The number of rotatable bonds is 7. The average molecular weight is 406 g/mol. The molecule has 150 valence electrons. The number of aromatic nitrogens is 6. The van der Waals surface area contributed by atoms with Crippen LogP contribution in [0.4, 0.5) is 5.95 Å². The normalized spacial score (nSPS) is 16.1. The Kier molecular flexibility index (Phi) is 5.39.